The number of rotatable bonds is 4. The van der Waals surface area contributed by atoms with Gasteiger partial charge in [-0.25, -0.2) is 9.59 Å². The molecule has 4 nitrogen and oxygen atoms in total. The fraction of sp³-hybridized carbons (Fsp3) is 0.0370. The van der Waals surface area contributed by atoms with E-state index in [-0.39, 0.29) is 0 Å². The predicted molar refractivity (Wildman–Crippen MR) is 129 cm³/mol. The van der Waals surface area contributed by atoms with Crippen molar-refractivity contribution >= 4 is 46.7 Å². The van der Waals surface area contributed by atoms with Gasteiger partial charge in [-0.15, -0.1) is 0 Å². The van der Waals surface area contributed by atoms with Crippen molar-refractivity contribution in [3.05, 3.63) is 117 Å². The standard InChI is InChI=1S/C27H14Cl2N2O2/c28-23-13-17(9-11-25(23)30-15-32)27(18-10-12-26(31-16-33)24(29)14-18)21-7-3-1-5-19(21)20-6-2-4-8-22(20)27/h1-14H. The molecule has 0 aromatic heterocycles. The SMILES string of the molecule is O=C=Nc1ccc(C2(c3ccc(N=C=O)c(Cl)c3)c3ccccc3-c3ccccc32)cc1Cl. The van der Waals surface area contributed by atoms with Crippen LogP contribution in [0.1, 0.15) is 22.3 Å². The summed E-state index contributed by atoms with van der Waals surface area (Å²) in [6.07, 6.45) is 3.09. The van der Waals surface area contributed by atoms with Crippen LogP contribution >= 0.6 is 23.2 Å². The number of aliphatic imine (C=N–C) groups is 2. The van der Waals surface area contributed by atoms with Crippen LogP contribution in [0.4, 0.5) is 11.4 Å². The molecule has 0 bridgehead atoms. The molecule has 4 aromatic carbocycles. The zero-order chi connectivity index (χ0) is 23.0. The largest absolute Gasteiger partial charge is 0.240 e. The van der Waals surface area contributed by atoms with Crippen LogP contribution in [0, 0.1) is 0 Å². The Bertz CT molecular complexity index is 1400. The van der Waals surface area contributed by atoms with Crippen LogP contribution < -0.4 is 0 Å². The number of nitrogens with zero attached hydrogens (tertiary/aromatic N) is 2. The smallest absolute Gasteiger partial charge is 0.211 e. The van der Waals surface area contributed by atoms with Crippen LogP contribution in [0.3, 0.4) is 0 Å². The fourth-order valence-electron chi connectivity index (χ4n) is 4.78. The van der Waals surface area contributed by atoms with E-state index in [9.17, 15) is 9.59 Å². The molecule has 0 N–H and O–H groups in total. The summed E-state index contributed by atoms with van der Waals surface area (Å²) in [6, 6.07) is 27.3. The van der Waals surface area contributed by atoms with Gasteiger partial charge >= 0.3 is 0 Å². The van der Waals surface area contributed by atoms with Gasteiger partial charge in [0.1, 0.15) is 0 Å². The van der Waals surface area contributed by atoms with E-state index in [2.05, 4.69) is 34.3 Å². The highest BCUT2D eigenvalue weighted by atomic mass is 35.5. The topological polar surface area (TPSA) is 58.9 Å². The number of fused-ring (bicyclic) bond motifs is 3. The van der Waals surface area contributed by atoms with Crippen molar-refractivity contribution in [2.75, 3.05) is 0 Å². The number of carbonyl (C=O) groups excluding carboxylic acids is 2. The second kappa shape index (κ2) is 8.29. The molecule has 0 amide bonds. The summed E-state index contributed by atoms with van der Waals surface area (Å²) in [5, 5.41) is 0.677. The van der Waals surface area contributed by atoms with Crippen LogP contribution in [0.2, 0.25) is 10.0 Å². The van der Waals surface area contributed by atoms with E-state index in [1.54, 1.807) is 24.3 Å². The summed E-state index contributed by atoms with van der Waals surface area (Å²) in [6.45, 7) is 0. The molecule has 1 aliphatic carbocycles. The van der Waals surface area contributed by atoms with Crippen LogP contribution in [-0.2, 0) is 15.0 Å². The second-order valence-corrected chi connectivity index (χ2v) is 8.39. The average Bonchev–Trinajstić information content (AvgIpc) is 3.13. The van der Waals surface area contributed by atoms with E-state index in [0.29, 0.717) is 21.4 Å². The van der Waals surface area contributed by atoms with Crippen LogP contribution in [0.15, 0.2) is 94.9 Å². The van der Waals surface area contributed by atoms with Gasteiger partial charge in [0.2, 0.25) is 12.2 Å². The Morgan fingerprint density at radius 1 is 0.606 bits per heavy atom. The first-order valence-corrected chi connectivity index (χ1v) is 10.8. The van der Waals surface area contributed by atoms with Gasteiger partial charge in [-0.1, -0.05) is 83.9 Å². The highest BCUT2D eigenvalue weighted by Crippen LogP contribution is 2.57. The summed E-state index contributed by atoms with van der Waals surface area (Å²) >= 11 is 13.1. The van der Waals surface area contributed by atoms with Crippen molar-refractivity contribution in [2.45, 2.75) is 5.41 Å². The van der Waals surface area contributed by atoms with E-state index in [0.717, 1.165) is 33.4 Å². The van der Waals surface area contributed by atoms with Crippen molar-refractivity contribution in [3.8, 4) is 11.1 Å². The van der Waals surface area contributed by atoms with Gasteiger partial charge in [0.15, 0.2) is 0 Å². The molecule has 0 saturated heterocycles. The van der Waals surface area contributed by atoms with Crippen molar-refractivity contribution in [2.24, 2.45) is 9.98 Å². The van der Waals surface area contributed by atoms with Gasteiger partial charge in [-0.3, -0.25) is 0 Å². The molecule has 0 atom stereocenters. The van der Waals surface area contributed by atoms with Gasteiger partial charge in [-0.2, -0.15) is 9.98 Å². The van der Waals surface area contributed by atoms with Gasteiger partial charge in [0, 0.05) is 0 Å². The van der Waals surface area contributed by atoms with Crippen molar-refractivity contribution < 1.29 is 9.59 Å². The molecule has 158 valence electrons. The molecule has 0 heterocycles. The van der Waals surface area contributed by atoms with E-state index in [1.807, 2.05) is 48.5 Å². The maximum Gasteiger partial charge on any atom is 0.240 e. The Kier molecular flexibility index (Phi) is 5.30. The fourth-order valence-corrected chi connectivity index (χ4v) is 5.23. The molecular formula is C27H14Cl2N2O2. The predicted octanol–water partition coefficient (Wildman–Crippen LogP) is 7.29. The summed E-state index contributed by atoms with van der Waals surface area (Å²) in [4.78, 5) is 29.0. The first-order valence-electron chi connectivity index (χ1n) is 10.1. The first kappa shape index (κ1) is 21.1. The molecule has 0 unspecified atom stereocenters. The third kappa shape index (κ3) is 3.17. The normalized spacial score (nSPS) is 12.8. The quantitative estimate of drug-likeness (QED) is 0.205. The zero-order valence-electron chi connectivity index (χ0n) is 17.0. The molecule has 0 aliphatic heterocycles. The molecule has 0 radical (unpaired) electrons. The van der Waals surface area contributed by atoms with Crippen molar-refractivity contribution in [3.63, 3.8) is 0 Å². The number of hydrogen-bond acceptors (Lipinski definition) is 4. The first-order chi connectivity index (χ1) is 16.1. The van der Waals surface area contributed by atoms with E-state index < -0.39 is 5.41 Å². The monoisotopic (exact) mass is 468 g/mol. The maximum absolute atomic E-state index is 10.8. The van der Waals surface area contributed by atoms with Gasteiger partial charge in [-0.05, 0) is 57.6 Å². The van der Waals surface area contributed by atoms with Crippen molar-refractivity contribution in [1.82, 2.24) is 0 Å². The minimum Gasteiger partial charge on any atom is -0.211 e. The number of isocyanates is 2. The average molecular weight is 469 g/mol. The lowest BCUT2D eigenvalue weighted by molar-refractivity contribution is 0.564. The molecule has 6 heteroatoms. The van der Waals surface area contributed by atoms with E-state index in [4.69, 9.17) is 23.2 Å². The Morgan fingerprint density at radius 3 is 1.42 bits per heavy atom. The summed E-state index contributed by atoms with van der Waals surface area (Å²) in [7, 11) is 0. The molecular weight excluding hydrogens is 455 g/mol. The second-order valence-electron chi connectivity index (χ2n) is 7.58. The molecule has 0 fully saturated rings. The Hall–Kier alpha value is -3.78. The lowest BCUT2D eigenvalue weighted by atomic mass is 9.67. The van der Waals surface area contributed by atoms with Gasteiger partial charge in [0.05, 0.1) is 26.8 Å². The number of hydrogen-bond donors (Lipinski definition) is 0. The van der Waals surface area contributed by atoms with Crippen LogP contribution in [0.5, 0.6) is 0 Å². The van der Waals surface area contributed by atoms with Gasteiger partial charge < -0.3 is 0 Å². The van der Waals surface area contributed by atoms with Crippen LogP contribution in [0.25, 0.3) is 11.1 Å². The Labute approximate surface area is 199 Å². The minimum absolute atomic E-state index is 0.338. The molecule has 1 aliphatic rings. The molecule has 5 rings (SSSR count). The van der Waals surface area contributed by atoms with Crippen molar-refractivity contribution in [1.29, 1.82) is 0 Å². The summed E-state index contributed by atoms with van der Waals surface area (Å²) in [5.41, 5.74) is 6.06. The lowest BCUT2D eigenvalue weighted by Crippen LogP contribution is -2.28. The highest BCUT2D eigenvalue weighted by molar-refractivity contribution is 6.33. The Balaban J connectivity index is 1.91. The van der Waals surface area contributed by atoms with Gasteiger partial charge in [0.25, 0.3) is 0 Å². The lowest BCUT2D eigenvalue weighted by Gasteiger charge is -2.34. The number of benzene rings is 4. The summed E-state index contributed by atoms with van der Waals surface area (Å²) < 4.78 is 0. The third-order valence-electron chi connectivity index (χ3n) is 6.05. The maximum atomic E-state index is 10.8. The molecule has 4 aromatic rings. The van der Waals surface area contributed by atoms with E-state index >= 15 is 0 Å². The third-order valence-corrected chi connectivity index (χ3v) is 6.65. The van der Waals surface area contributed by atoms with Crippen LogP contribution in [-0.4, -0.2) is 12.2 Å². The highest BCUT2D eigenvalue weighted by Gasteiger charge is 2.46. The van der Waals surface area contributed by atoms with E-state index in [1.165, 1.54) is 0 Å². The molecule has 0 saturated carbocycles. The minimum atomic E-state index is -0.743. The zero-order valence-corrected chi connectivity index (χ0v) is 18.6. The number of halogens is 2. The Morgan fingerprint density at radius 2 is 1.03 bits per heavy atom. The molecule has 0 spiro atoms. The summed E-state index contributed by atoms with van der Waals surface area (Å²) in [5.74, 6) is 0. The molecule has 33 heavy (non-hydrogen) atoms.